The summed E-state index contributed by atoms with van der Waals surface area (Å²) < 4.78 is 14.1. The zero-order valence-electron chi connectivity index (χ0n) is 5.76. The highest BCUT2D eigenvalue weighted by atomic mass is 16.6. The van der Waals surface area contributed by atoms with E-state index in [-0.39, 0.29) is 13.2 Å². The standard InChI is InChI=1S/C6H8O5/c7-3-10-5-1-9-2-6(5)11-4-8/h3-6H,1-2H2. The molecule has 0 radical (unpaired) electrons. The second kappa shape index (κ2) is 3.92. The molecule has 2 atom stereocenters. The van der Waals surface area contributed by atoms with E-state index >= 15 is 0 Å². The molecule has 5 nitrogen and oxygen atoms in total. The SMILES string of the molecule is O=COC1COCC1OC=O. The fourth-order valence-corrected chi connectivity index (χ4v) is 0.912. The topological polar surface area (TPSA) is 61.8 Å². The zero-order chi connectivity index (χ0) is 8.10. The van der Waals surface area contributed by atoms with Crippen LogP contribution in [0.5, 0.6) is 0 Å². The maximum Gasteiger partial charge on any atom is 0.293 e. The van der Waals surface area contributed by atoms with Gasteiger partial charge >= 0.3 is 0 Å². The fourth-order valence-electron chi connectivity index (χ4n) is 0.912. The van der Waals surface area contributed by atoms with E-state index in [2.05, 4.69) is 9.47 Å². The van der Waals surface area contributed by atoms with Gasteiger partial charge in [0.05, 0.1) is 13.2 Å². The zero-order valence-corrected chi connectivity index (χ0v) is 5.76. The Kier molecular flexibility index (Phi) is 2.85. The van der Waals surface area contributed by atoms with E-state index in [0.29, 0.717) is 12.9 Å². The molecule has 1 aliphatic rings. The van der Waals surface area contributed by atoms with Crippen LogP contribution in [0.25, 0.3) is 0 Å². The summed E-state index contributed by atoms with van der Waals surface area (Å²) in [5.74, 6) is 0. The molecule has 0 aromatic carbocycles. The number of carbonyl (C=O) groups is 2. The van der Waals surface area contributed by atoms with Crippen LogP contribution in [-0.4, -0.2) is 38.4 Å². The molecular formula is C6H8O5. The average Bonchev–Trinajstić information content (AvgIpc) is 2.39. The summed E-state index contributed by atoms with van der Waals surface area (Å²) in [6, 6.07) is 0. The van der Waals surface area contributed by atoms with E-state index < -0.39 is 12.2 Å². The van der Waals surface area contributed by atoms with Crippen molar-refractivity contribution in [2.45, 2.75) is 12.2 Å². The van der Waals surface area contributed by atoms with Crippen molar-refractivity contribution in [2.75, 3.05) is 13.2 Å². The van der Waals surface area contributed by atoms with Gasteiger partial charge in [0.25, 0.3) is 12.9 Å². The van der Waals surface area contributed by atoms with Crippen molar-refractivity contribution in [3.8, 4) is 0 Å². The molecule has 2 unspecified atom stereocenters. The lowest BCUT2D eigenvalue weighted by Gasteiger charge is -2.12. The van der Waals surface area contributed by atoms with Crippen molar-refractivity contribution < 1.29 is 23.8 Å². The number of carbonyl (C=O) groups excluding carboxylic acids is 2. The Morgan fingerprint density at radius 3 is 1.91 bits per heavy atom. The van der Waals surface area contributed by atoms with Gasteiger partial charge in [-0.05, 0) is 0 Å². The summed E-state index contributed by atoms with van der Waals surface area (Å²) in [4.78, 5) is 19.8. The molecule has 0 N–H and O–H groups in total. The monoisotopic (exact) mass is 160 g/mol. The van der Waals surface area contributed by atoms with Gasteiger partial charge in [0, 0.05) is 0 Å². The minimum atomic E-state index is -0.447. The molecule has 1 rings (SSSR count). The lowest BCUT2D eigenvalue weighted by Crippen LogP contribution is -2.29. The van der Waals surface area contributed by atoms with Gasteiger partial charge in [-0.15, -0.1) is 0 Å². The van der Waals surface area contributed by atoms with Crippen LogP contribution in [0.2, 0.25) is 0 Å². The third-order valence-corrected chi connectivity index (χ3v) is 1.44. The highest BCUT2D eigenvalue weighted by molar-refractivity contribution is 5.39. The number of hydrogen-bond acceptors (Lipinski definition) is 5. The Morgan fingerprint density at radius 2 is 1.55 bits per heavy atom. The quantitative estimate of drug-likeness (QED) is 0.499. The van der Waals surface area contributed by atoms with Gasteiger partial charge in [-0.25, -0.2) is 0 Å². The molecule has 0 aromatic rings. The molecule has 0 amide bonds. The Bertz CT molecular complexity index is 130. The molecule has 0 saturated carbocycles. The van der Waals surface area contributed by atoms with E-state index in [1.165, 1.54) is 0 Å². The Labute approximate surface area is 63.2 Å². The molecule has 0 aromatic heterocycles. The van der Waals surface area contributed by atoms with E-state index in [4.69, 9.17) is 4.74 Å². The first-order valence-electron chi connectivity index (χ1n) is 3.14. The molecule has 11 heavy (non-hydrogen) atoms. The summed E-state index contributed by atoms with van der Waals surface area (Å²) in [5.41, 5.74) is 0. The van der Waals surface area contributed by atoms with Gasteiger partial charge < -0.3 is 14.2 Å². The van der Waals surface area contributed by atoms with Crippen LogP contribution >= 0.6 is 0 Å². The summed E-state index contributed by atoms with van der Waals surface area (Å²) >= 11 is 0. The van der Waals surface area contributed by atoms with E-state index in [1.807, 2.05) is 0 Å². The van der Waals surface area contributed by atoms with Gasteiger partial charge in [0.15, 0.2) is 12.2 Å². The highest BCUT2D eigenvalue weighted by Gasteiger charge is 2.30. The minimum absolute atomic E-state index is 0.289. The molecule has 1 fully saturated rings. The molecule has 1 aliphatic heterocycles. The Morgan fingerprint density at radius 1 is 1.09 bits per heavy atom. The molecule has 0 bridgehead atoms. The third kappa shape index (κ3) is 1.91. The maximum atomic E-state index is 9.89. The molecular weight excluding hydrogens is 152 g/mol. The van der Waals surface area contributed by atoms with E-state index in [0.717, 1.165) is 0 Å². The third-order valence-electron chi connectivity index (χ3n) is 1.44. The fraction of sp³-hybridized carbons (Fsp3) is 0.667. The number of ether oxygens (including phenoxy) is 3. The largest absolute Gasteiger partial charge is 0.458 e. The first-order valence-corrected chi connectivity index (χ1v) is 3.14. The van der Waals surface area contributed by atoms with Crippen molar-refractivity contribution in [1.82, 2.24) is 0 Å². The maximum absolute atomic E-state index is 9.89. The molecule has 62 valence electrons. The summed E-state index contributed by atoms with van der Waals surface area (Å²) in [6.07, 6.45) is -0.893. The molecule has 1 saturated heterocycles. The van der Waals surface area contributed by atoms with Gasteiger partial charge in [-0.1, -0.05) is 0 Å². The molecule has 1 heterocycles. The van der Waals surface area contributed by atoms with Crippen LogP contribution in [-0.2, 0) is 23.8 Å². The second-order valence-electron chi connectivity index (χ2n) is 2.08. The molecule has 0 spiro atoms. The van der Waals surface area contributed by atoms with E-state index in [9.17, 15) is 9.59 Å². The predicted molar refractivity (Wildman–Crippen MR) is 32.7 cm³/mol. The van der Waals surface area contributed by atoms with Crippen molar-refractivity contribution in [3.05, 3.63) is 0 Å². The molecule has 5 heteroatoms. The van der Waals surface area contributed by atoms with Crippen LogP contribution in [0.1, 0.15) is 0 Å². The summed E-state index contributed by atoms with van der Waals surface area (Å²) in [7, 11) is 0. The number of rotatable bonds is 4. The minimum Gasteiger partial charge on any atom is -0.458 e. The Hall–Kier alpha value is -1.10. The predicted octanol–water partition coefficient (Wildman–Crippen LogP) is -0.900. The number of hydrogen-bond donors (Lipinski definition) is 0. The smallest absolute Gasteiger partial charge is 0.293 e. The lowest BCUT2D eigenvalue weighted by atomic mass is 10.3. The van der Waals surface area contributed by atoms with Gasteiger partial charge in [-0.3, -0.25) is 9.59 Å². The normalized spacial score (nSPS) is 29.5. The first-order chi connectivity index (χ1) is 5.38. The van der Waals surface area contributed by atoms with Gasteiger partial charge in [0.1, 0.15) is 0 Å². The summed E-state index contributed by atoms with van der Waals surface area (Å²) in [5, 5.41) is 0. The Balaban J connectivity index is 2.36. The van der Waals surface area contributed by atoms with Gasteiger partial charge in [0.2, 0.25) is 0 Å². The summed E-state index contributed by atoms with van der Waals surface area (Å²) in [6.45, 7) is 1.22. The van der Waals surface area contributed by atoms with Crippen LogP contribution < -0.4 is 0 Å². The van der Waals surface area contributed by atoms with Crippen LogP contribution in [0.3, 0.4) is 0 Å². The lowest BCUT2D eigenvalue weighted by molar-refractivity contribution is -0.146. The van der Waals surface area contributed by atoms with Crippen LogP contribution in [0.4, 0.5) is 0 Å². The average molecular weight is 160 g/mol. The second-order valence-corrected chi connectivity index (χ2v) is 2.08. The molecule has 0 aliphatic carbocycles. The van der Waals surface area contributed by atoms with Crippen molar-refractivity contribution in [3.63, 3.8) is 0 Å². The van der Waals surface area contributed by atoms with Crippen LogP contribution in [0.15, 0.2) is 0 Å². The van der Waals surface area contributed by atoms with Gasteiger partial charge in [-0.2, -0.15) is 0 Å². The van der Waals surface area contributed by atoms with Crippen molar-refractivity contribution >= 4 is 12.9 Å². The van der Waals surface area contributed by atoms with Crippen molar-refractivity contribution in [1.29, 1.82) is 0 Å². The highest BCUT2D eigenvalue weighted by Crippen LogP contribution is 2.11. The van der Waals surface area contributed by atoms with E-state index in [1.54, 1.807) is 0 Å². The first kappa shape index (κ1) is 8.00. The van der Waals surface area contributed by atoms with Crippen LogP contribution in [0, 0.1) is 0 Å². The van der Waals surface area contributed by atoms with Crippen molar-refractivity contribution in [2.24, 2.45) is 0 Å².